The Morgan fingerprint density at radius 1 is 1.40 bits per heavy atom. The lowest BCUT2D eigenvalue weighted by molar-refractivity contribution is -0.118. The highest BCUT2D eigenvalue weighted by Gasteiger charge is 2.24. The zero-order valence-electron chi connectivity index (χ0n) is 10.8. The van der Waals surface area contributed by atoms with Gasteiger partial charge in [-0.2, -0.15) is 0 Å². The van der Waals surface area contributed by atoms with E-state index in [1.165, 1.54) is 18.3 Å². The van der Waals surface area contributed by atoms with Gasteiger partial charge in [-0.15, -0.1) is 11.3 Å². The quantitative estimate of drug-likeness (QED) is 0.847. The number of hydrogen-bond acceptors (Lipinski definition) is 6. The summed E-state index contributed by atoms with van der Waals surface area (Å²) in [5, 5.41) is 2.49. The largest absolute Gasteiger partial charge is 0.485 e. The number of nitrogens with one attached hydrogen (secondary N) is 2. The van der Waals surface area contributed by atoms with Gasteiger partial charge in [-0.1, -0.05) is 12.1 Å². The van der Waals surface area contributed by atoms with Gasteiger partial charge in [0.05, 0.1) is 5.69 Å². The highest BCUT2D eigenvalue weighted by molar-refractivity contribution is 7.13. The van der Waals surface area contributed by atoms with E-state index >= 15 is 0 Å². The number of para-hydroxylation sites is 2. The van der Waals surface area contributed by atoms with Gasteiger partial charge < -0.3 is 9.47 Å². The molecule has 1 atom stereocenters. The third-order valence-corrected chi connectivity index (χ3v) is 3.48. The van der Waals surface area contributed by atoms with Gasteiger partial charge in [-0.05, 0) is 12.1 Å². The van der Waals surface area contributed by atoms with Crippen LogP contribution in [0.5, 0.6) is 11.5 Å². The first-order valence-corrected chi connectivity index (χ1v) is 6.97. The first-order chi connectivity index (χ1) is 9.72. The predicted molar refractivity (Wildman–Crippen MR) is 74.9 cm³/mol. The van der Waals surface area contributed by atoms with Crippen molar-refractivity contribution < 1.29 is 14.3 Å². The molecule has 1 amide bonds. The van der Waals surface area contributed by atoms with Crippen molar-refractivity contribution in [2.75, 3.05) is 12.0 Å². The molecule has 20 heavy (non-hydrogen) atoms. The molecule has 104 valence electrons. The summed E-state index contributed by atoms with van der Waals surface area (Å²) in [4.78, 5) is 15.2. The maximum absolute atomic E-state index is 10.8. The Hall–Kier alpha value is -2.28. The van der Waals surface area contributed by atoms with E-state index < -0.39 is 0 Å². The van der Waals surface area contributed by atoms with E-state index in [4.69, 9.17) is 9.47 Å². The fourth-order valence-corrected chi connectivity index (χ4v) is 2.50. The Balaban J connectivity index is 1.70. The van der Waals surface area contributed by atoms with Crippen molar-refractivity contribution in [3.8, 4) is 11.5 Å². The third kappa shape index (κ3) is 2.67. The number of nitrogens with zero attached hydrogens (tertiary/aromatic N) is 1. The van der Waals surface area contributed by atoms with Crippen LogP contribution in [0, 0.1) is 0 Å². The molecule has 0 fully saturated rings. The molecule has 2 heterocycles. The molecule has 2 aromatic rings. The summed E-state index contributed by atoms with van der Waals surface area (Å²) in [6.45, 7) is 1.84. The number of fused-ring (bicyclic) bond motifs is 1. The topological polar surface area (TPSA) is 72.5 Å². The number of amides is 1. The van der Waals surface area contributed by atoms with E-state index in [1.807, 2.05) is 29.6 Å². The first-order valence-electron chi connectivity index (χ1n) is 6.09. The number of anilines is 1. The van der Waals surface area contributed by atoms with Gasteiger partial charge >= 0.3 is 0 Å². The molecule has 3 rings (SSSR count). The number of carbonyl (C=O) groups is 1. The molecule has 0 aliphatic carbocycles. The minimum atomic E-state index is -0.242. The van der Waals surface area contributed by atoms with Crippen LogP contribution in [0.15, 0.2) is 29.6 Å². The number of carbonyl (C=O) groups excluding carboxylic acids is 1. The van der Waals surface area contributed by atoms with Crippen LogP contribution in [0.3, 0.4) is 0 Å². The Labute approximate surface area is 119 Å². The SMILES string of the molecule is CC(=O)NNc1nc([C@H]2COc3ccccc3O2)cs1. The molecule has 0 saturated carbocycles. The molecule has 1 aromatic heterocycles. The fourth-order valence-electron chi connectivity index (χ4n) is 1.80. The first kappa shape index (κ1) is 12.7. The average molecular weight is 291 g/mol. The highest BCUT2D eigenvalue weighted by atomic mass is 32.1. The maximum Gasteiger partial charge on any atom is 0.235 e. The minimum absolute atomic E-state index is 0.173. The molecule has 1 aliphatic heterocycles. The number of aromatic nitrogens is 1. The van der Waals surface area contributed by atoms with E-state index in [0.29, 0.717) is 17.5 Å². The molecule has 7 heteroatoms. The second kappa shape index (κ2) is 5.38. The Bertz CT molecular complexity index is 629. The zero-order valence-corrected chi connectivity index (χ0v) is 11.6. The number of hydrazine groups is 1. The Morgan fingerprint density at radius 3 is 3.00 bits per heavy atom. The average Bonchev–Trinajstić information content (AvgIpc) is 2.93. The van der Waals surface area contributed by atoms with Crippen LogP contribution >= 0.6 is 11.3 Å². The zero-order chi connectivity index (χ0) is 13.9. The molecule has 0 spiro atoms. The molecule has 1 aromatic carbocycles. The molecule has 2 N–H and O–H groups in total. The van der Waals surface area contributed by atoms with E-state index in [9.17, 15) is 4.79 Å². The van der Waals surface area contributed by atoms with E-state index in [-0.39, 0.29) is 12.0 Å². The molecule has 0 bridgehead atoms. The van der Waals surface area contributed by atoms with E-state index in [0.717, 1.165) is 11.4 Å². The summed E-state index contributed by atoms with van der Waals surface area (Å²) < 4.78 is 11.5. The lowest BCUT2D eigenvalue weighted by Crippen LogP contribution is -2.26. The fraction of sp³-hybridized carbons (Fsp3) is 0.231. The smallest absolute Gasteiger partial charge is 0.235 e. The summed E-state index contributed by atoms with van der Waals surface area (Å²) in [7, 11) is 0. The van der Waals surface area contributed by atoms with Crippen LogP contribution < -0.4 is 20.3 Å². The Morgan fingerprint density at radius 2 is 2.20 bits per heavy atom. The van der Waals surface area contributed by atoms with Gasteiger partial charge in [0.25, 0.3) is 0 Å². The summed E-state index contributed by atoms with van der Waals surface area (Å²) in [5.74, 6) is 1.29. The maximum atomic E-state index is 10.8. The van der Waals surface area contributed by atoms with E-state index in [1.54, 1.807) is 0 Å². The van der Waals surface area contributed by atoms with Crippen molar-refractivity contribution in [1.82, 2.24) is 10.4 Å². The standard InChI is InChI=1S/C13H13N3O3S/c1-8(17)15-16-13-14-9(7-20-13)12-6-18-10-4-2-3-5-11(10)19-12/h2-5,7,12H,6H2,1H3,(H,14,16)(H,15,17)/t12-/m1/s1. The van der Waals surface area contributed by atoms with Gasteiger partial charge in [0.15, 0.2) is 17.6 Å². The summed E-state index contributed by atoms with van der Waals surface area (Å²) in [6.07, 6.45) is -0.242. The van der Waals surface area contributed by atoms with Gasteiger partial charge in [0.2, 0.25) is 11.0 Å². The number of rotatable bonds is 3. The monoisotopic (exact) mass is 291 g/mol. The summed E-state index contributed by atoms with van der Waals surface area (Å²) >= 11 is 1.39. The van der Waals surface area contributed by atoms with Gasteiger partial charge in [-0.3, -0.25) is 15.6 Å². The predicted octanol–water partition coefficient (Wildman–Crippen LogP) is 2.12. The van der Waals surface area contributed by atoms with Crippen molar-refractivity contribution in [3.05, 3.63) is 35.3 Å². The normalized spacial score (nSPS) is 16.6. The lowest BCUT2D eigenvalue weighted by Gasteiger charge is -2.25. The molecule has 0 unspecified atom stereocenters. The highest BCUT2D eigenvalue weighted by Crippen LogP contribution is 2.36. The molecular formula is C13H13N3O3S. The molecule has 1 aliphatic rings. The molecule has 0 saturated heterocycles. The number of benzene rings is 1. The van der Waals surface area contributed by atoms with Crippen molar-refractivity contribution in [1.29, 1.82) is 0 Å². The number of thiazole rings is 1. The molecular weight excluding hydrogens is 278 g/mol. The van der Waals surface area contributed by atoms with Crippen molar-refractivity contribution in [2.45, 2.75) is 13.0 Å². The van der Waals surface area contributed by atoms with Gasteiger partial charge in [0.1, 0.15) is 6.61 Å². The van der Waals surface area contributed by atoms with E-state index in [2.05, 4.69) is 15.8 Å². The summed E-state index contributed by atoms with van der Waals surface area (Å²) in [5.41, 5.74) is 5.99. The number of ether oxygens (including phenoxy) is 2. The minimum Gasteiger partial charge on any atom is -0.485 e. The van der Waals surface area contributed by atoms with Gasteiger partial charge in [0, 0.05) is 12.3 Å². The van der Waals surface area contributed by atoms with Crippen LogP contribution in [0.1, 0.15) is 18.7 Å². The number of hydrogen-bond donors (Lipinski definition) is 2. The van der Waals surface area contributed by atoms with Crippen LogP contribution in [-0.2, 0) is 4.79 Å². The van der Waals surface area contributed by atoms with Crippen molar-refractivity contribution in [3.63, 3.8) is 0 Å². The van der Waals surface area contributed by atoms with Crippen LogP contribution in [0.4, 0.5) is 5.13 Å². The third-order valence-electron chi connectivity index (χ3n) is 2.71. The second-order valence-corrected chi connectivity index (χ2v) is 5.11. The molecule has 0 radical (unpaired) electrons. The van der Waals surface area contributed by atoms with Crippen molar-refractivity contribution >= 4 is 22.4 Å². The Kier molecular flexibility index (Phi) is 3.42. The molecule has 6 nitrogen and oxygen atoms in total. The van der Waals surface area contributed by atoms with Gasteiger partial charge in [-0.25, -0.2) is 4.98 Å². The van der Waals surface area contributed by atoms with Crippen LogP contribution in [0.2, 0.25) is 0 Å². The van der Waals surface area contributed by atoms with Crippen molar-refractivity contribution in [2.24, 2.45) is 0 Å². The second-order valence-electron chi connectivity index (χ2n) is 4.25. The van der Waals surface area contributed by atoms with Crippen LogP contribution in [0.25, 0.3) is 0 Å². The summed E-state index contributed by atoms with van der Waals surface area (Å²) in [6, 6.07) is 7.54. The van der Waals surface area contributed by atoms with Crippen LogP contribution in [-0.4, -0.2) is 17.5 Å². The lowest BCUT2D eigenvalue weighted by atomic mass is 10.2.